The van der Waals surface area contributed by atoms with Gasteiger partial charge in [-0.05, 0) is 0 Å². The molecule has 0 bridgehead atoms. The molecule has 0 radical (unpaired) electrons. The maximum absolute atomic E-state index is 2.51. The van der Waals surface area contributed by atoms with E-state index in [2.05, 4.69) is 98.8 Å². The third kappa shape index (κ3) is 5.51. The molecule has 0 amide bonds. The van der Waals surface area contributed by atoms with Gasteiger partial charge >= 0.3 is 205 Å². The van der Waals surface area contributed by atoms with Crippen LogP contribution in [0.5, 0.6) is 0 Å². The van der Waals surface area contributed by atoms with E-state index in [0.717, 1.165) is 0 Å². The van der Waals surface area contributed by atoms with Gasteiger partial charge in [-0.15, -0.1) is 0 Å². The number of benzene rings is 2. The standard InChI is InChI=1S/C12H11Si.2C9H13.Hf/c1-3-7-11(8-4-1)13-12-9-5-2-6-10-12;2*1-2-3-6-9-7-4-5-8-9;/h1-10,13H;2*4,7H,2-3,5-6H2,1H3;. The van der Waals surface area contributed by atoms with Gasteiger partial charge in [0.05, 0.1) is 0 Å². The van der Waals surface area contributed by atoms with Gasteiger partial charge < -0.3 is 0 Å². The van der Waals surface area contributed by atoms with Crippen LogP contribution in [0, 0.1) is 0 Å². The predicted molar refractivity (Wildman–Crippen MR) is 140 cm³/mol. The Bertz CT molecular complexity index is 916. The van der Waals surface area contributed by atoms with Crippen LogP contribution in [0.15, 0.2) is 103 Å². The van der Waals surface area contributed by atoms with Gasteiger partial charge in [0.25, 0.3) is 0 Å². The van der Waals surface area contributed by atoms with Crippen molar-refractivity contribution in [2.75, 3.05) is 0 Å². The van der Waals surface area contributed by atoms with Gasteiger partial charge in [0.1, 0.15) is 0 Å². The fraction of sp³-hybridized carbons (Fsp3) is 0.333. The number of unbranched alkanes of at least 4 members (excludes halogenated alkanes) is 2. The van der Waals surface area contributed by atoms with Crippen LogP contribution < -0.4 is 10.4 Å². The third-order valence-corrected chi connectivity index (χ3v) is 37.1. The molecule has 0 atom stereocenters. The summed E-state index contributed by atoms with van der Waals surface area (Å²) in [4.78, 5) is 0. The maximum atomic E-state index is 2.51. The molecular weight excluding hydrogens is 567 g/mol. The summed E-state index contributed by atoms with van der Waals surface area (Å²) in [7, 11) is 0. The molecule has 2 aromatic rings. The minimum atomic E-state index is -2.35. The topological polar surface area (TPSA) is 0 Å². The molecule has 165 valence electrons. The predicted octanol–water partition coefficient (Wildman–Crippen LogP) is 6.95. The molecule has 0 saturated heterocycles. The summed E-state index contributed by atoms with van der Waals surface area (Å²) < 4.78 is 3.89. The Hall–Kier alpha value is -1.51. The normalized spacial score (nSPS) is 15.5. The van der Waals surface area contributed by atoms with E-state index in [-0.39, 0.29) is 0 Å². The van der Waals surface area contributed by atoms with E-state index in [9.17, 15) is 0 Å². The zero-order valence-electron chi connectivity index (χ0n) is 19.8. The molecule has 0 nitrogen and oxygen atoms in total. The molecule has 2 aliphatic carbocycles. The molecule has 2 aliphatic rings. The van der Waals surface area contributed by atoms with Gasteiger partial charge in [0.15, 0.2) is 0 Å². The van der Waals surface area contributed by atoms with Crippen molar-refractivity contribution in [2.24, 2.45) is 0 Å². The SMILES string of the molecule is CCCCC1=[C]([Hf]([C]2=C(CCCC)C=CC2)[SiH](c2ccccc2)c2ccccc2)CC=C1. The Labute approximate surface area is 204 Å². The summed E-state index contributed by atoms with van der Waals surface area (Å²) >= 11 is -2.35. The van der Waals surface area contributed by atoms with Gasteiger partial charge in [-0.3, -0.25) is 0 Å². The van der Waals surface area contributed by atoms with Gasteiger partial charge in [0.2, 0.25) is 0 Å². The molecule has 4 rings (SSSR count). The number of rotatable bonds is 11. The molecule has 0 aliphatic heterocycles. The molecule has 32 heavy (non-hydrogen) atoms. The Kier molecular flexibility index (Phi) is 8.93. The molecule has 0 fully saturated rings. The molecule has 0 unspecified atom stereocenters. The summed E-state index contributed by atoms with van der Waals surface area (Å²) in [5, 5.41) is 3.34. The van der Waals surface area contributed by atoms with Crippen LogP contribution in [0.2, 0.25) is 0 Å². The molecule has 0 saturated carbocycles. The van der Waals surface area contributed by atoms with E-state index < -0.39 is 26.6 Å². The first kappa shape index (κ1) is 23.6. The van der Waals surface area contributed by atoms with Crippen LogP contribution in [0.3, 0.4) is 0 Å². The molecule has 0 aromatic heterocycles. The van der Waals surface area contributed by atoms with Crippen molar-refractivity contribution in [2.45, 2.75) is 65.2 Å². The van der Waals surface area contributed by atoms with Gasteiger partial charge in [-0.2, -0.15) is 0 Å². The van der Waals surface area contributed by atoms with Gasteiger partial charge in [-0.1, -0.05) is 0 Å². The van der Waals surface area contributed by atoms with Gasteiger partial charge in [-0.25, -0.2) is 0 Å². The van der Waals surface area contributed by atoms with Crippen molar-refractivity contribution in [3.05, 3.63) is 103 Å². The Morgan fingerprint density at radius 2 is 1.09 bits per heavy atom. The first-order valence-corrected chi connectivity index (χ1v) is 24.1. The second-order valence-electron chi connectivity index (χ2n) is 9.10. The van der Waals surface area contributed by atoms with E-state index in [1.165, 1.54) is 51.4 Å². The summed E-state index contributed by atoms with van der Waals surface area (Å²) in [5.41, 5.74) is 3.46. The second kappa shape index (κ2) is 12.1. The van der Waals surface area contributed by atoms with Crippen LogP contribution >= 0.6 is 0 Å². The van der Waals surface area contributed by atoms with E-state index in [1.54, 1.807) is 21.5 Å². The molecule has 0 spiro atoms. The zero-order valence-corrected chi connectivity index (χ0v) is 24.6. The van der Waals surface area contributed by atoms with Gasteiger partial charge in [0, 0.05) is 0 Å². The van der Waals surface area contributed by atoms with Crippen molar-refractivity contribution < 1.29 is 20.6 Å². The number of hydrogen-bond donors (Lipinski definition) is 0. The van der Waals surface area contributed by atoms with Crippen LogP contribution in [0.1, 0.15) is 65.2 Å². The van der Waals surface area contributed by atoms with E-state index in [0.29, 0.717) is 0 Å². The Morgan fingerprint density at radius 3 is 1.50 bits per heavy atom. The molecule has 2 heteroatoms. The quantitative estimate of drug-likeness (QED) is 0.244. The van der Waals surface area contributed by atoms with E-state index in [4.69, 9.17) is 0 Å². The minimum absolute atomic E-state index is 1.23. The summed E-state index contributed by atoms with van der Waals surface area (Å²) in [6, 6.07) is 23.3. The van der Waals surface area contributed by atoms with Crippen molar-refractivity contribution in [3.63, 3.8) is 0 Å². The fourth-order valence-electron chi connectivity index (χ4n) is 5.22. The second-order valence-corrected chi connectivity index (χ2v) is 29.6. The van der Waals surface area contributed by atoms with Crippen LogP contribution in [-0.4, -0.2) is 5.98 Å². The van der Waals surface area contributed by atoms with Crippen molar-refractivity contribution in [1.29, 1.82) is 0 Å². The molecule has 0 N–H and O–H groups in total. The van der Waals surface area contributed by atoms with Crippen LogP contribution in [-0.2, 0) is 20.6 Å². The van der Waals surface area contributed by atoms with E-state index >= 15 is 0 Å². The Balaban J connectivity index is 1.87. The summed E-state index contributed by atoms with van der Waals surface area (Å²) in [6.07, 6.45) is 20.2. The van der Waals surface area contributed by atoms with Crippen molar-refractivity contribution in [1.82, 2.24) is 0 Å². The average molecular weight is 604 g/mol. The van der Waals surface area contributed by atoms with Crippen molar-refractivity contribution in [3.8, 4) is 0 Å². The summed E-state index contributed by atoms with van der Waals surface area (Å²) in [6.45, 7) is 4.66. The monoisotopic (exact) mass is 605 g/mol. The zero-order chi connectivity index (χ0) is 22.2. The first-order valence-electron chi connectivity index (χ1n) is 12.6. The number of allylic oxidation sites excluding steroid dienone is 8. The first-order chi connectivity index (χ1) is 15.8. The van der Waals surface area contributed by atoms with Crippen LogP contribution in [0.25, 0.3) is 0 Å². The molecule has 0 heterocycles. The number of hydrogen-bond acceptors (Lipinski definition) is 0. The Morgan fingerprint density at radius 1 is 0.656 bits per heavy atom. The van der Waals surface area contributed by atoms with E-state index in [1.807, 2.05) is 6.66 Å². The summed E-state index contributed by atoms with van der Waals surface area (Å²) in [5.74, 6) is -1.30. The van der Waals surface area contributed by atoms with Crippen molar-refractivity contribution >= 4 is 16.4 Å². The third-order valence-electron chi connectivity index (χ3n) is 6.86. The van der Waals surface area contributed by atoms with Crippen LogP contribution in [0.4, 0.5) is 0 Å². The molecular formula is C30H37HfSi. The average Bonchev–Trinajstić information content (AvgIpc) is 3.50. The molecule has 2 aromatic carbocycles. The fourth-order valence-corrected chi connectivity index (χ4v) is 39.7.